The predicted octanol–water partition coefficient (Wildman–Crippen LogP) is 3.49. The number of ether oxygens (including phenoxy) is 1. The minimum Gasteiger partial charge on any atom is -0.465 e. The number of methoxy groups -OCH3 is 1. The van der Waals surface area contributed by atoms with Crippen molar-refractivity contribution in [2.45, 2.75) is 27.7 Å². The Bertz CT molecular complexity index is 1030. The monoisotopic (exact) mass is 417 g/mol. The molecule has 1 saturated heterocycles. The van der Waals surface area contributed by atoms with Crippen LogP contribution in [-0.4, -0.2) is 54.2 Å². The summed E-state index contributed by atoms with van der Waals surface area (Å²) < 4.78 is 4.93. The van der Waals surface area contributed by atoms with Gasteiger partial charge in [-0.1, -0.05) is 0 Å². The van der Waals surface area contributed by atoms with Crippen LogP contribution >= 0.6 is 22.7 Å². The first kappa shape index (κ1) is 19.1. The van der Waals surface area contributed by atoms with E-state index in [1.165, 1.54) is 23.3 Å². The van der Waals surface area contributed by atoms with Crippen molar-refractivity contribution in [3.8, 4) is 0 Å². The van der Waals surface area contributed by atoms with Gasteiger partial charge in [0.05, 0.1) is 18.2 Å². The second-order valence-electron chi connectivity index (χ2n) is 6.93. The molecule has 0 aliphatic carbocycles. The number of hydrogen-bond donors (Lipinski definition) is 0. The van der Waals surface area contributed by atoms with Gasteiger partial charge >= 0.3 is 5.97 Å². The summed E-state index contributed by atoms with van der Waals surface area (Å²) >= 11 is 3.13. The summed E-state index contributed by atoms with van der Waals surface area (Å²) in [5.41, 5.74) is 2.01. The smallest absolute Gasteiger partial charge is 0.348 e. The number of carbonyl (C=O) groups excluding carboxylic acids is 1. The highest BCUT2D eigenvalue weighted by molar-refractivity contribution is 7.20. The van der Waals surface area contributed by atoms with Crippen LogP contribution in [-0.2, 0) is 4.74 Å². The van der Waals surface area contributed by atoms with Gasteiger partial charge in [0.25, 0.3) is 0 Å². The van der Waals surface area contributed by atoms with Gasteiger partial charge < -0.3 is 14.5 Å². The average Bonchev–Trinajstić information content (AvgIpc) is 3.20. The van der Waals surface area contributed by atoms with E-state index >= 15 is 0 Å². The van der Waals surface area contributed by atoms with Crippen molar-refractivity contribution in [2.75, 3.05) is 43.1 Å². The standard InChI is InChI=1S/C19H23N5O2S2/c1-10-14-16(21-13(4)22-17(14)28-15(10)18(25)26-5)23-6-8-24(9-7-23)19-20-11(2)12(3)27-19/h6-9H2,1-5H3. The highest BCUT2D eigenvalue weighted by Gasteiger charge is 2.26. The number of thiazole rings is 1. The fourth-order valence-corrected chi connectivity index (χ4v) is 5.54. The summed E-state index contributed by atoms with van der Waals surface area (Å²) in [6, 6.07) is 0. The van der Waals surface area contributed by atoms with E-state index in [1.807, 2.05) is 13.8 Å². The van der Waals surface area contributed by atoms with Crippen LogP contribution in [0, 0.1) is 27.7 Å². The van der Waals surface area contributed by atoms with Crippen LogP contribution < -0.4 is 9.80 Å². The van der Waals surface area contributed by atoms with Crippen molar-refractivity contribution in [3.63, 3.8) is 0 Å². The second-order valence-corrected chi connectivity index (χ2v) is 9.12. The van der Waals surface area contributed by atoms with Crippen LogP contribution in [0.15, 0.2) is 0 Å². The molecule has 3 aromatic heterocycles. The van der Waals surface area contributed by atoms with E-state index < -0.39 is 0 Å². The van der Waals surface area contributed by atoms with Crippen molar-refractivity contribution in [3.05, 3.63) is 26.8 Å². The van der Waals surface area contributed by atoms with Crippen molar-refractivity contribution in [1.29, 1.82) is 0 Å². The SMILES string of the molecule is COC(=O)c1sc2nc(C)nc(N3CCN(c4nc(C)c(C)s4)CC3)c2c1C. The zero-order valence-electron chi connectivity index (χ0n) is 16.7. The Hall–Kier alpha value is -2.26. The van der Waals surface area contributed by atoms with E-state index in [2.05, 4.69) is 28.6 Å². The Morgan fingerprint density at radius 1 is 0.964 bits per heavy atom. The van der Waals surface area contributed by atoms with Gasteiger partial charge in [0.1, 0.15) is 21.3 Å². The number of aromatic nitrogens is 3. The average molecular weight is 418 g/mol. The van der Waals surface area contributed by atoms with E-state index in [0.717, 1.165) is 58.6 Å². The van der Waals surface area contributed by atoms with Crippen LogP contribution in [0.5, 0.6) is 0 Å². The molecule has 3 aromatic rings. The van der Waals surface area contributed by atoms with Crippen molar-refractivity contribution >= 4 is 49.8 Å². The summed E-state index contributed by atoms with van der Waals surface area (Å²) in [6.45, 7) is 11.5. The number of carbonyl (C=O) groups is 1. The summed E-state index contributed by atoms with van der Waals surface area (Å²) in [5, 5.41) is 2.06. The van der Waals surface area contributed by atoms with Crippen molar-refractivity contribution in [1.82, 2.24) is 15.0 Å². The first-order chi connectivity index (χ1) is 13.4. The molecule has 4 rings (SSSR count). The Morgan fingerprint density at radius 3 is 2.25 bits per heavy atom. The highest BCUT2D eigenvalue weighted by Crippen LogP contribution is 2.36. The fourth-order valence-electron chi connectivity index (χ4n) is 3.44. The number of piperazine rings is 1. The molecule has 28 heavy (non-hydrogen) atoms. The van der Waals surface area contributed by atoms with Gasteiger partial charge in [-0.25, -0.2) is 19.7 Å². The van der Waals surface area contributed by atoms with Gasteiger partial charge in [0.15, 0.2) is 5.13 Å². The third kappa shape index (κ3) is 3.22. The molecule has 4 heterocycles. The summed E-state index contributed by atoms with van der Waals surface area (Å²) in [7, 11) is 1.41. The maximum Gasteiger partial charge on any atom is 0.348 e. The van der Waals surface area contributed by atoms with Gasteiger partial charge in [-0.3, -0.25) is 0 Å². The van der Waals surface area contributed by atoms with Gasteiger partial charge in [0.2, 0.25) is 0 Å². The molecule has 0 unspecified atom stereocenters. The number of rotatable bonds is 3. The van der Waals surface area contributed by atoms with Crippen LogP contribution in [0.2, 0.25) is 0 Å². The lowest BCUT2D eigenvalue weighted by molar-refractivity contribution is 0.0605. The first-order valence-electron chi connectivity index (χ1n) is 9.19. The van der Waals surface area contributed by atoms with Crippen molar-refractivity contribution < 1.29 is 9.53 Å². The third-order valence-electron chi connectivity index (χ3n) is 5.12. The number of anilines is 2. The molecule has 0 amide bonds. The Labute approximate surface area is 172 Å². The molecular weight excluding hydrogens is 394 g/mol. The minimum absolute atomic E-state index is 0.316. The zero-order chi connectivity index (χ0) is 20.0. The predicted molar refractivity (Wildman–Crippen MR) is 114 cm³/mol. The van der Waals surface area contributed by atoms with Gasteiger partial charge in [-0.05, 0) is 33.3 Å². The second kappa shape index (κ2) is 7.29. The summed E-state index contributed by atoms with van der Waals surface area (Å²) in [4.78, 5) is 33.5. The number of hydrogen-bond acceptors (Lipinski definition) is 9. The lowest BCUT2D eigenvalue weighted by Crippen LogP contribution is -2.47. The number of aryl methyl sites for hydroxylation is 4. The van der Waals surface area contributed by atoms with Gasteiger partial charge in [0, 0.05) is 31.1 Å². The molecule has 0 bridgehead atoms. The molecule has 7 nitrogen and oxygen atoms in total. The van der Waals surface area contributed by atoms with E-state index in [1.54, 1.807) is 11.3 Å². The minimum atomic E-state index is -0.316. The normalized spacial score (nSPS) is 14.8. The molecule has 148 valence electrons. The van der Waals surface area contributed by atoms with E-state index in [-0.39, 0.29) is 5.97 Å². The van der Waals surface area contributed by atoms with Gasteiger partial charge in [-0.15, -0.1) is 22.7 Å². The quantitative estimate of drug-likeness (QED) is 0.604. The molecule has 1 aliphatic rings. The number of nitrogens with zero attached hydrogens (tertiary/aromatic N) is 5. The van der Waals surface area contributed by atoms with E-state index in [4.69, 9.17) is 14.7 Å². The van der Waals surface area contributed by atoms with Crippen molar-refractivity contribution in [2.24, 2.45) is 0 Å². The molecule has 9 heteroatoms. The molecule has 0 N–H and O–H groups in total. The summed E-state index contributed by atoms with van der Waals surface area (Å²) in [5.74, 6) is 1.31. The molecule has 1 fully saturated rings. The largest absolute Gasteiger partial charge is 0.465 e. The van der Waals surface area contributed by atoms with Crippen LogP contribution in [0.1, 0.15) is 31.6 Å². The highest BCUT2D eigenvalue weighted by atomic mass is 32.1. The fraction of sp³-hybridized carbons (Fsp3) is 0.474. The van der Waals surface area contributed by atoms with Gasteiger partial charge in [-0.2, -0.15) is 0 Å². The molecule has 1 aliphatic heterocycles. The number of esters is 1. The Kier molecular flexibility index (Phi) is 4.96. The molecule has 0 spiro atoms. The topological polar surface area (TPSA) is 71.5 Å². The molecular formula is C19H23N5O2S2. The third-order valence-corrected chi connectivity index (χ3v) is 7.42. The van der Waals surface area contributed by atoms with Crippen LogP contribution in [0.25, 0.3) is 10.2 Å². The Balaban J connectivity index is 1.64. The molecule has 0 saturated carbocycles. The van der Waals surface area contributed by atoms with E-state index in [0.29, 0.717) is 10.7 Å². The lowest BCUT2D eigenvalue weighted by Gasteiger charge is -2.35. The Morgan fingerprint density at radius 2 is 1.64 bits per heavy atom. The lowest BCUT2D eigenvalue weighted by atomic mass is 10.2. The van der Waals surface area contributed by atoms with E-state index in [9.17, 15) is 4.79 Å². The zero-order valence-corrected chi connectivity index (χ0v) is 18.3. The number of fused-ring (bicyclic) bond motifs is 1. The maximum atomic E-state index is 12.1. The molecule has 0 radical (unpaired) electrons. The summed E-state index contributed by atoms with van der Waals surface area (Å²) in [6.07, 6.45) is 0. The number of thiophene rings is 1. The van der Waals surface area contributed by atoms with Crippen LogP contribution in [0.4, 0.5) is 10.9 Å². The maximum absolute atomic E-state index is 12.1. The molecule has 0 aromatic carbocycles. The molecule has 0 atom stereocenters. The van der Waals surface area contributed by atoms with Crippen LogP contribution in [0.3, 0.4) is 0 Å². The first-order valence-corrected chi connectivity index (χ1v) is 10.8.